The summed E-state index contributed by atoms with van der Waals surface area (Å²) < 4.78 is 16.9. The van der Waals surface area contributed by atoms with Crippen LogP contribution in [0.5, 0.6) is 0 Å². The number of nitrogens with zero attached hydrogens (tertiary/aromatic N) is 2. The van der Waals surface area contributed by atoms with E-state index in [2.05, 4.69) is 9.71 Å². The lowest BCUT2D eigenvalue weighted by Gasteiger charge is -2.10. The van der Waals surface area contributed by atoms with Gasteiger partial charge in [0, 0.05) is 25.5 Å². The SMILES string of the molecule is Cc1ccc([S+]([O-])NCCCn2ccnc2)cc1. The molecule has 0 bridgehead atoms. The van der Waals surface area contributed by atoms with Crippen LogP contribution >= 0.6 is 0 Å². The minimum atomic E-state index is -1.11. The second-order valence-corrected chi connectivity index (χ2v) is 5.43. The molecule has 1 atom stereocenters. The minimum absolute atomic E-state index is 0.721. The highest BCUT2D eigenvalue weighted by Gasteiger charge is 2.09. The highest BCUT2D eigenvalue weighted by atomic mass is 32.2. The van der Waals surface area contributed by atoms with E-state index >= 15 is 0 Å². The zero-order valence-corrected chi connectivity index (χ0v) is 11.2. The van der Waals surface area contributed by atoms with Crippen LogP contribution in [0.25, 0.3) is 0 Å². The molecule has 4 nitrogen and oxygen atoms in total. The monoisotopic (exact) mass is 263 g/mol. The lowest BCUT2D eigenvalue weighted by atomic mass is 10.2. The predicted octanol–water partition coefficient (Wildman–Crippen LogP) is 1.89. The average molecular weight is 263 g/mol. The fourth-order valence-corrected chi connectivity index (χ4v) is 2.47. The summed E-state index contributed by atoms with van der Waals surface area (Å²) >= 11 is -1.11. The fraction of sp³-hybridized carbons (Fsp3) is 0.308. The summed E-state index contributed by atoms with van der Waals surface area (Å²) in [6.07, 6.45) is 6.40. The Morgan fingerprint density at radius 1 is 1.33 bits per heavy atom. The third-order valence-electron chi connectivity index (χ3n) is 2.62. The Labute approximate surface area is 110 Å². The summed E-state index contributed by atoms with van der Waals surface area (Å²) in [5.74, 6) is 0. The highest BCUT2D eigenvalue weighted by molar-refractivity contribution is 7.89. The van der Waals surface area contributed by atoms with Crippen molar-refractivity contribution in [3.8, 4) is 0 Å². The zero-order chi connectivity index (χ0) is 12.8. The lowest BCUT2D eigenvalue weighted by Crippen LogP contribution is -2.25. The molecule has 18 heavy (non-hydrogen) atoms. The van der Waals surface area contributed by atoms with E-state index in [1.807, 2.05) is 42.0 Å². The van der Waals surface area contributed by atoms with Crippen molar-refractivity contribution in [1.82, 2.24) is 14.3 Å². The van der Waals surface area contributed by atoms with Crippen LogP contribution in [0, 0.1) is 6.92 Å². The molecule has 1 aromatic heterocycles. The van der Waals surface area contributed by atoms with E-state index in [0.717, 1.165) is 24.4 Å². The van der Waals surface area contributed by atoms with Crippen LogP contribution in [0.15, 0.2) is 47.9 Å². The number of aromatic nitrogens is 2. The van der Waals surface area contributed by atoms with E-state index in [1.165, 1.54) is 5.56 Å². The molecule has 5 heteroatoms. The summed E-state index contributed by atoms with van der Waals surface area (Å²) in [6.45, 7) is 3.63. The Morgan fingerprint density at radius 3 is 2.78 bits per heavy atom. The van der Waals surface area contributed by atoms with Crippen LogP contribution in [-0.2, 0) is 17.9 Å². The molecule has 1 heterocycles. The molecule has 1 aromatic carbocycles. The third-order valence-corrected chi connectivity index (χ3v) is 3.79. The second-order valence-electron chi connectivity index (χ2n) is 4.13. The van der Waals surface area contributed by atoms with Gasteiger partial charge in [0.1, 0.15) is 0 Å². The fourth-order valence-electron chi connectivity index (χ4n) is 1.59. The topological polar surface area (TPSA) is 52.9 Å². The van der Waals surface area contributed by atoms with Crippen LogP contribution in [-0.4, -0.2) is 20.6 Å². The van der Waals surface area contributed by atoms with Crippen LogP contribution in [0.4, 0.5) is 0 Å². The Hall–Kier alpha value is -1.30. The first-order valence-electron chi connectivity index (χ1n) is 5.93. The van der Waals surface area contributed by atoms with Crippen molar-refractivity contribution in [2.75, 3.05) is 6.54 Å². The van der Waals surface area contributed by atoms with Crippen molar-refractivity contribution in [3.05, 3.63) is 48.5 Å². The summed E-state index contributed by atoms with van der Waals surface area (Å²) in [4.78, 5) is 4.80. The number of nitrogens with one attached hydrogen (secondary N) is 1. The molecule has 0 fully saturated rings. The van der Waals surface area contributed by atoms with Crippen LogP contribution in [0.2, 0.25) is 0 Å². The normalized spacial score (nSPS) is 12.6. The molecule has 96 valence electrons. The van der Waals surface area contributed by atoms with E-state index in [0.29, 0.717) is 0 Å². The zero-order valence-electron chi connectivity index (χ0n) is 10.4. The van der Waals surface area contributed by atoms with Crippen LogP contribution in [0.1, 0.15) is 12.0 Å². The lowest BCUT2D eigenvalue weighted by molar-refractivity contribution is 0.569. The van der Waals surface area contributed by atoms with Gasteiger partial charge in [-0.25, -0.2) is 4.98 Å². The molecule has 2 rings (SSSR count). The van der Waals surface area contributed by atoms with Gasteiger partial charge in [-0.15, -0.1) is 4.72 Å². The Bertz CT molecular complexity index is 456. The average Bonchev–Trinajstić information content (AvgIpc) is 2.88. The molecule has 0 aliphatic rings. The number of hydrogen-bond acceptors (Lipinski definition) is 3. The molecule has 1 N–H and O–H groups in total. The van der Waals surface area contributed by atoms with Gasteiger partial charge in [0.2, 0.25) is 0 Å². The van der Waals surface area contributed by atoms with E-state index in [4.69, 9.17) is 0 Å². The van der Waals surface area contributed by atoms with Crippen molar-refractivity contribution >= 4 is 11.4 Å². The Balaban J connectivity index is 1.71. The van der Waals surface area contributed by atoms with Crippen LogP contribution < -0.4 is 4.72 Å². The van der Waals surface area contributed by atoms with Crippen molar-refractivity contribution in [1.29, 1.82) is 0 Å². The first-order valence-corrected chi connectivity index (χ1v) is 7.08. The summed E-state index contributed by atoms with van der Waals surface area (Å²) in [7, 11) is 0. The Kier molecular flexibility index (Phi) is 4.81. The van der Waals surface area contributed by atoms with E-state index in [-0.39, 0.29) is 0 Å². The van der Waals surface area contributed by atoms with Gasteiger partial charge < -0.3 is 9.12 Å². The van der Waals surface area contributed by atoms with Crippen LogP contribution in [0.3, 0.4) is 0 Å². The number of benzene rings is 1. The van der Waals surface area contributed by atoms with E-state index < -0.39 is 11.4 Å². The molecule has 0 aliphatic carbocycles. The smallest absolute Gasteiger partial charge is 0.173 e. The van der Waals surface area contributed by atoms with Crippen molar-refractivity contribution in [3.63, 3.8) is 0 Å². The second kappa shape index (κ2) is 6.58. The number of hydrogen-bond donors (Lipinski definition) is 1. The molecule has 0 aliphatic heterocycles. The van der Waals surface area contributed by atoms with Gasteiger partial charge in [-0.3, -0.25) is 0 Å². The predicted molar refractivity (Wildman–Crippen MR) is 72.4 cm³/mol. The van der Waals surface area contributed by atoms with Gasteiger partial charge in [-0.2, -0.15) is 0 Å². The molecule has 1 unspecified atom stereocenters. The Morgan fingerprint density at radius 2 is 2.11 bits per heavy atom. The summed E-state index contributed by atoms with van der Waals surface area (Å²) in [5, 5.41) is 0. The van der Waals surface area contributed by atoms with Gasteiger partial charge in [0.25, 0.3) is 0 Å². The molecule has 0 amide bonds. The third kappa shape index (κ3) is 3.87. The van der Waals surface area contributed by atoms with Crippen molar-refractivity contribution < 1.29 is 4.55 Å². The van der Waals surface area contributed by atoms with E-state index in [1.54, 1.807) is 12.5 Å². The van der Waals surface area contributed by atoms with Gasteiger partial charge in [-0.1, -0.05) is 17.7 Å². The summed E-state index contributed by atoms with van der Waals surface area (Å²) in [5.41, 5.74) is 1.18. The molecule has 0 radical (unpaired) electrons. The minimum Gasteiger partial charge on any atom is -0.593 e. The number of imidazole rings is 1. The molecule has 0 saturated heterocycles. The highest BCUT2D eigenvalue weighted by Crippen LogP contribution is 2.09. The largest absolute Gasteiger partial charge is 0.593 e. The van der Waals surface area contributed by atoms with Gasteiger partial charge in [0.05, 0.1) is 17.7 Å². The quantitative estimate of drug-likeness (QED) is 0.639. The van der Waals surface area contributed by atoms with Gasteiger partial charge in [-0.05, 0) is 25.5 Å². The first-order chi connectivity index (χ1) is 8.75. The number of rotatable bonds is 6. The van der Waals surface area contributed by atoms with Gasteiger partial charge in [0.15, 0.2) is 4.90 Å². The van der Waals surface area contributed by atoms with Crippen molar-refractivity contribution in [2.45, 2.75) is 24.8 Å². The maximum absolute atomic E-state index is 11.9. The standard InChI is InChI=1S/C13H17N3OS/c1-12-3-5-13(6-4-12)18(17)15-7-2-9-16-10-8-14-11-16/h3-6,8,10-11,15H,2,7,9H2,1H3. The molecule has 0 saturated carbocycles. The first kappa shape index (κ1) is 13.1. The van der Waals surface area contributed by atoms with Gasteiger partial charge >= 0.3 is 0 Å². The molecular weight excluding hydrogens is 246 g/mol. The van der Waals surface area contributed by atoms with E-state index in [9.17, 15) is 4.55 Å². The maximum atomic E-state index is 11.9. The molecule has 2 aromatic rings. The molecule has 0 spiro atoms. The maximum Gasteiger partial charge on any atom is 0.173 e. The van der Waals surface area contributed by atoms with Crippen molar-refractivity contribution in [2.24, 2.45) is 0 Å². The molecular formula is C13H17N3OS. The number of aryl methyl sites for hydroxylation is 2. The summed E-state index contributed by atoms with van der Waals surface area (Å²) in [6, 6.07) is 7.74.